The van der Waals surface area contributed by atoms with E-state index in [1.54, 1.807) is 29.6 Å². The summed E-state index contributed by atoms with van der Waals surface area (Å²) in [7, 11) is 3.77. The molecule has 0 spiro atoms. The Bertz CT molecular complexity index is 1710. The number of nitrogens with two attached hydrogens (primary N) is 1. The summed E-state index contributed by atoms with van der Waals surface area (Å²) in [6.45, 7) is 14.3. The van der Waals surface area contributed by atoms with Gasteiger partial charge in [0.1, 0.15) is 30.1 Å². The van der Waals surface area contributed by atoms with Gasteiger partial charge in [-0.15, -0.1) is 5.10 Å². The topological polar surface area (TPSA) is 214 Å². The Balaban J connectivity index is 1.37. The lowest BCUT2D eigenvalue weighted by molar-refractivity contribution is -0.278. The van der Waals surface area contributed by atoms with E-state index in [1.807, 2.05) is 46.0 Å². The van der Waals surface area contributed by atoms with Gasteiger partial charge in [-0.25, -0.2) is 9.78 Å². The van der Waals surface area contributed by atoms with Crippen molar-refractivity contribution >= 4 is 40.6 Å². The number of aliphatic hydroxyl groups is 1. The first-order valence-corrected chi connectivity index (χ1v) is 21.5. The maximum Gasteiger partial charge on any atom is 0.410 e. The molecule has 17 nitrogen and oxygen atoms in total. The number of unbranched alkanes of at least 4 members (excludes halogenated alkanes) is 1. The van der Waals surface area contributed by atoms with Crippen LogP contribution in [0.3, 0.4) is 0 Å². The Morgan fingerprint density at radius 2 is 1.86 bits per heavy atom. The number of anilines is 1. The van der Waals surface area contributed by atoms with Crippen molar-refractivity contribution in [3.8, 4) is 10.6 Å². The number of cyclic esters (lactones) is 1. The number of nitrogen functional groups attached to an aromatic ring is 1. The number of carbonyl (C=O) groups excluding carboxylic acids is 4. The van der Waals surface area contributed by atoms with E-state index < -0.39 is 71.8 Å². The van der Waals surface area contributed by atoms with Crippen LogP contribution in [0.2, 0.25) is 0 Å². The van der Waals surface area contributed by atoms with Crippen LogP contribution in [-0.2, 0) is 39.9 Å². The number of nitrogens with zero attached hydrogens (tertiary/aromatic N) is 6. The number of amides is 1. The van der Waals surface area contributed by atoms with Crippen LogP contribution < -0.4 is 11.1 Å². The summed E-state index contributed by atoms with van der Waals surface area (Å²) in [5.41, 5.74) is 5.22. The quantitative estimate of drug-likeness (QED) is 0.121. The smallest absolute Gasteiger partial charge is 0.410 e. The average molecular weight is 833 g/mol. The molecule has 58 heavy (non-hydrogen) atoms. The molecule has 0 aromatic carbocycles. The highest BCUT2D eigenvalue weighted by Gasteiger charge is 2.58. The standard InChI is InChI=1S/C40H64N8O9S/c1-10-31-40(7)35(48(39(53)57-40)15-12-11-14-47-21-28(44-45-47)30-20-43-38(41)58-30)26(6)42-19-22(2)17-27(13-16-49)34(24(4)32(50)25(5)36(52)55-31)56-37-33(51)29(46(8)9)18-23(3)54-37/h16,20-27,29,31,33-35,37,42,51H,10-15,17-19H2,1-9H3,(H2,41,43)/t22-,23-,24+,25-,26-,27+,29?,31-,33?,34-,35-,37+,40-/m1/s1. The summed E-state index contributed by atoms with van der Waals surface area (Å²) in [5, 5.41) is 24.0. The van der Waals surface area contributed by atoms with Gasteiger partial charge in [-0.05, 0) is 92.3 Å². The van der Waals surface area contributed by atoms with E-state index in [0.717, 1.165) is 11.2 Å². The highest BCUT2D eigenvalue weighted by molar-refractivity contribution is 7.18. The molecule has 5 rings (SSSR count). The number of aliphatic hydroxyl groups excluding tert-OH is 1. The van der Waals surface area contributed by atoms with Crippen LogP contribution in [0.15, 0.2) is 12.4 Å². The average Bonchev–Trinajstić information content (AvgIpc) is 3.90. The van der Waals surface area contributed by atoms with E-state index in [-0.39, 0.29) is 30.5 Å². The number of hydrogen-bond acceptors (Lipinski definition) is 16. The molecule has 18 heteroatoms. The lowest BCUT2D eigenvalue weighted by atomic mass is 9.79. The number of thiazole rings is 1. The van der Waals surface area contributed by atoms with E-state index in [4.69, 9.17) is 24.7 Å². The maximum atomic E-state index is 14.3. The molecule has 3 aliphatic rings. The van der Waals surface area contributed by atoms with E-state index in [2.05, 4.69) is 27.5 Å². The van der Waals surface area contributed by atoms with Gasteiger partial charge in [-0.3, -0.25) is 19.2 Å². The molecule has 0 aliphatic carbocycles. The lowest BCUT2D eigenvalue weighted by Gasteiger charge is -2.44. The molecule has 3 saturated heterocycles. The van der Waals surface area contributed by atoms with Crippen LogP contribution in [0.5, 0.6) is 0 Å². The Labute approximate surface area is 345 Å². The fraction of sp³-hybridized carbons (Fsp3) is 0.775. The fourth-order valence-corrected chi connectivity index (χ4v) is 9.65. The number of ketones is 1. The van der Waals surface area contributed by atoms with Crippen molar-refractivity contribution in [2.45, 2.75) is 148 Å². The molecule has 324 valence electrons. The first-order chi connectivity index (χ1) is 27.5. The van der Waals surface area contributed by atoms with E-state index in [9.17, 15) is 24.3 Å². The van der Waals surface area contributed by atoms with Gasteiger partial charge in [0.25, 0.3) is 0 Å². The number of aryl methyl sites for hydroxylation is 1. The zero-order valence-electron chi connectivity index (χ0n) is 35.4. The third-order valence-electron chi connectivity index (χ3n) is 12.2. The number of aldehydes is 1. The van der Waals surface area contributed by atoms with Crippen molar-refractivity contribution in [3.05, 3.63) is 12.4 Å². The van der Waals surface area contributed by atoms with Crippen LogP contribution >= 0.6 is 11.3 Å². The number of carbonyl (C=O) groups is 4. The first kappa shape index (κ1) is 45.5. The molecular weight excluding hydrogens is 769 g/mol. The normalized spacial score (nSPS) is 35.6. The molecule has 4 N–H and O–H groups in total. The minimum Gasteiger partial charge on any atom is -0.458 e. The predicted molar refractivity (Wildman–Crippen MR) is 216 cm³/mol. The summed E-state index contributed by atoms with van der Waals surface area (Å²) < 4.78 is 26.8. The molecule has 5 heterocycles. The minimum atomic E-state index is -1.25. The summed E-state index contributed by atoms with van der Waals surface area (Å²) >= 11 is 1.34. The molecule has 0 saturated carbocycles. The maximum absolute atomic E-state index is 14.3. The number of nitrogens with one attached hydrogen (secondary N) is 1. The number of Topliss-reactive ketones (excluding diaryl/α,β-unsaturated/α-hetero) is 1. The van der Waals surface area contributed by atoms with Gasteiger partial charge in [-0.1, -0.05) is 37.3 Å². The Morgan fingerprint density at radius 3 is 2.52 bits per heavy atom. The SMILES string of the molecule is CC[C@H]1OC(=O)[C@H](C)C(=O)[C@H](C)[C@@H](O[C@@H]2O[C@H](C)CC(N(C)C)C2O)[C@@H](CC=O)C[C@@H](C)CN[C@H](C)[C@H]2N(CCCCn3cc(-c4cnc(N)s4)nn3)C(=O)O[C@]12C. The number of likely N-dealkylation sites (N-methyl/N-ethyl adjacent to an activating group) is 1. The lowest BCUT2D eigenvalue weighted by Crippen LogP contribution is -2.60. The number of ether oxygens (including phenoxy) is 4. The van der Waals surface area contributed by atoms with Crippen molar-refractivity contribution in [1.82, 2.24) is 35.1 Å². The molecule has 0 bridgehead atoms. The van der Waals surface area contributed by atoms with E-state index >= 15 is 0 Å². The summed E-state index contributed by atoms with van der Waals surface area (Å²) in [6.07, 6.45) is 2.68. The second-order valence-electron chi connectivity index (χ2n) is 16.9. The number of fused-ring (bicyclic) bond motifs is 1. The Morgan fingerprint density at radius 1 is 1.14 bits per heavy atom. The Hall–Kier alpha value is -3.55. The number of aromatic nitrogens is 4. The van der Waals surface area contributed by atoms with Crippen molar-refractivity contribution in [1.29, 1.82) is 0 Å². The first-order valence-electron chi connectivity index (χ1n) is 20.7. The summed E-state index contributed by atoms with van der Waals surface area (Å²) in [4.78, 5) is 62.8. The van der Waals surface area contributed by atoms with Crippen molar-refractivity contribution < 1.29 is 43.2 Å². The number of rotatable bonds is 12. The molecule has 0 radical (unpaired) electrons. The van der Waals surface area contributed by atoms with Crippen LogP contribution in [-0.4, -0.2) is 141 Å². The van der Waals surface area contributed by atoms with Crippen LogP contribution in [0.1, 0.15) is 87.0 Å². The highest BCUT2D eigenvalue weighted by atomic mass is 32.1. The van der Waals surface area contributed by atoms with Crippen molar-refractivity contribution in [2.24, 2.45) is 23.7 Å². The predicted octanol–water partition coefficient (Wildman–Crippen LogP) is 3.54. The molecule has 3 fully saturated rings. The molecule has 2 aromatic rings. The largest absolute Gasteiger partial charge is 0.458 e. The second kappa shape index (κ2) is 19.7. The van der Waals surface area contributed by atoms with Crippen LogP contribution in [0.4, 0.5) is 9.93 Å². The van der Waals surface area contributed by atoms with Gasteiger partial charge in [0.15, 0.2) is 22.8 Å². The zero-order chi connectivity index (χ0) is 42.5. The highest BCUT2D eigenvalue weighted by Crippen LogP contribution is 2.39. The molecule has 1 amide bonds. The van der Waals surface area contributed by atoms with Gasteiger partial charge in [0.05, 0.1) is 29.3 Å². The van der Waals surface area contributed by atoms with Gasteiger partial charge >= 0.3 is 12.1 Å². The van der Waals surface area contributed by atoms with Crippen LogP contribution in [0, 0.1) is 23.7 Å². The molecule has 3 aliphatic heterocycles. The fourth-order valence-electron chi connectivity index (χ4n) is 9.02. The van der Waals surface area contributed by atoms with Gasteiger partial charge < -0.3 is 44.8 Å². The summed E-state index contributed by atoms with van der Waals surface area (Å²) in [6, 6.07) is -1.10. The van der Waals surface area contributed by atoms with E-state index in [0.29, 0.717) is 62.6 Å². The second-order valence-corrected chi connectivity index (χ2v) is 18.0. The molecule has 2 unspecified atom stereocenters. The molecule has 2 aromatic heterocycles. The summed E-state index contributed by atoms with van der Waals surface area (Å²) in [5.74, 6) is -3.67. The molecule has 13 atom stereocenters. The van der Waals surface area contributed by atoms with Crippen LogP contribution in [0.25, 0.3) is 10.6 Å². The number of hydrogen-bond donors (Lipinski definition) is 3. The zero-order valence-corrected chi connectivity index (χ0v) is 36.2. The third-order valence-corrected chi connectivity index (χ3v) is 13.1. The Kier molecular flexibility index (Phi) is 15.4. The minimum absolute atomic E-state index is 0.0134. The number of esters is 1. The van der Waals surface area contributed by atoms with Gasteiger partial charge in [0, 0.05) is 43.7 Å². The third kappa shape index (κ3) is 10.2. The monoisotopic (exact) mass is 832 g/mol. The van der Waals surface area contributed by atoms with E-state index in [1.165, 1.54) is 18.3 Å². The van der Waals surface area contributed by atoms with Gasteiger partial charge in [0.2, 0.25) is 0 Å². The van der Waals surface area contributed by atoms with Gasteiger partial charge in [-0.2, -0.15) is 0 Å². The van der Waals surface area contributed by atoms with Crippen molar-refractivity contribution in [3.63, 3.8) is 0 Å². The molecular formula is C40H64N8O9S. The van der Waals surface area contributed by atoms with Crippen molar-refractivity contribution in [2.75, 3.05) is 32.9 Å².